The highest BCUT2D eigenvalue weighted by molar-refractivity contribution is 7.21. The van der Waals surface area contributed by atoms with Gasteiger partial charge in [0.15, 0.2) is 0 Å². The number of fused-ring (bicyclic) bond motifs is 3. The van der Waals surface area contributed by atoms with Crippen LogP contribution in [0.4, 0.5) is 0 Å². The minimum Gasteiger partial charge on any atom is -0.544 e. The third kappa shape index (κ3) is 1.37. The predicted octanol–water partition coefficient (Wildman–Crippen LogP) is 1.12. The maximum atomic E-state index is 12.1. The smallest absolute Gasteiger partial charge is 0.259 e. The van der Waals surface area contributed by atoms with E-state index in [2.05, 4.69) is 0 Å². The van der Waals surface area contributed by atoms with Gasteiger partial charge in [0, 0.05) is 17.1 Å². The fourth-order valence-corrected chi connectivity index (χ4v) is 3.12. The van der Waals surface area contributed by atoms with Gasteiger partial charge in [-0.2, -0.15) is 0 Å². The summed E-state index contributed by atoms with van der Waals surface area (Å²) < 4.78 is 2.23. The Balaban J connectivity index is 2.61. The summed E-state index contributed by atoms with van der Waals surface area (Å²) in [5.41, 5.74) is 0.606. The summed E-state index contributed by atoms with van der Waals surface area (Å²) in [5, 5.41) is 12.2. The molecule has 0 aliphatic rings. The third-order valence-corrected chi connectivity index (χ3v) is 4.13. The van der Waals surface area contributed by atoms with E-state index >= 15 is 0 Å². The molecular formula is C13H8NO3S-. The number of carboxylic acid groups (broad SMARTS) is 1. The zero-order chi connectivity index (χ0) is 12.9. The molecule has 0 saturated carbocycles. The van der Waals surface area contributed by atoms with Gasteiger partial charge in [-0.3, -0.25) is 4.79 Å². The molecular weight excluding hydrogens is 250 g/mol. The van der Waals surface area contributed by atoms with E-state index in [1.807, 2.05) is 24.3 Å². The molecule has 3 aromatic rings. The summed E-state index contributed by atoms with van der Waals surface area (Å²) >= 11 is 1.08. The van der Waals surface area contributed by atoms with Gasteiger partial charge < -0.3 is 14.5 Å². The Bertz CT molecular complexity index is 844. The monoisotopic (exact) mass is 258 g/mol. The van der Waals surface area contributed by atoms with Gasteiger partial charge >= 0.3 is 0 Å². The number of hydrogen-bond acceptors (Lipinski definition) is 4. The molecule has 0 unspecified atom stereocenters. The van der Waals surface area contributed by atoms with Crippen LogP contribution in [0, 0.1) is 0 Å². The molecule has 0 aliphatic carbocycles. The van der Waals surface area contributed by atoms with Crippen molar-refractivity contribution in [2.45, 2.75) is 0 Å². The van der Waals surface area contributed by atoms with Crippen molar-refractivity contribution in [3.8, 4) is 0 Å². The van der Waals surface area contributed by atoms with E-state index in [1.54, 1.807) is 7.05 Å². The zero-order valence-corrected chi connectivity index (χ0v) is 10.3. The van der Waals surface area contributed by atoms with Crippen LogP contribution in [0.2, 0.25) is 0 Å². The molecule has 0 spiro atoms. The van der Waals surface area contributed by atoms with Gasteiger partial charge in [0.05, 0.1) is 21.7 Å². The van der Waals surface area contributed by atoms with Crippen LogP contribution in [0.15, 0.2) is 35.1 Å². The summed E-state index contributed by atoms with van der Waals surface area (Å²) in [7, 11) is 1.68. The molecule has 0 bridgehead atoms. The van der Waals surface area contributed by atoms with Gasteiger partial charge in [0.1, 0.15) is 0 Å². The summed E-state index contributed by atoms with van der Waals surface area (Å²) in [6, 6.07) is 8.83. The first-order valence-electron chi connectivity index (χ1n) is 5.32. The number of aromatic nitrogens is 1. The van der Waals surface area contributed by atoms with Crippen molar-refractivity contribution in [2.75, 3.05) is 0 Å². The van der Waals surface area contributed by atoms with Gasteiger partial charge in [-0.15, -0.1) is 11.3 Å². The quantitative estimate of drug-likeness (QED) is 0.657. The second-order valence-corrected chi connectivity index (χ2v) is 5.07. The fourth-order valence-electron chi connectivity index (χ4n) is 2.10. The van der Waals surface area contributed by atoms with Crippen molar-refractivity contribution < 1.29 is 9.90 Å². The summed E-state index contributed by atoms with van der Waals surface area (Å²) in [5.74, 6) is -1.25. The van der Waals surface area contributed by atoms with Crippen LogP contribution >= 0.6 is 11.3 Å². The lowest BCUT2D eigenvalue weighted by Crippen LogP contribution is -2.20. The predicted molar refractivity (Wildman–Crippen MR) is 68.9 cm³/mol. The molecule has 4 nitrogen and oxygen atoms in total. The second-order valence-electron chi connectivity index (χ2n) is 4.02. The van der Waals surface area contributed by atoms with Crippen molar-refractivity contribution in [3.05, 3.63) is 45.6 Å². The van der Waals surface area contributed by atoms with Crippen molar-refractivity contribution in [2.24, 2.45) is 7.05 Å². The lowest BCUT2D eigenvalue weighted by molar-refractivity contribution is -0.254. The number of para-hydroxylation sites is 1. The van der Waals surface area contributed by atoms with Crippen LogP contribution in [-0.2, 0) is 7.05 Å². The van der Waals surface area contributed by atoms with E-state index in [0.29, 0.717) is 10.1 Å². The number of thiophene rings is 1. The maximum absolute atomic E-state index is 12.1. The largest absolute Gasteiger partial charge is 0.544 e. The first-order chi connectivity index (χ1) is 8.59. The normalized spacial score (nSPS) is 11.2. The van der Waals surface area contributed by atoms with Crippen molar-refractivity contribution >= 4 is 38.3 Å². The Morgan fingerprint density at radius 1 is 1.28 bits per heavy atom. The molecule has 18 heavy (non-hydrogen) atoms. The van der Waals surface area contributed by atoms with E-state index in [0.717, 1.165) is 22.2 Å². The van der Waals surface area contributed by atoms with Gasteiger partial charge in [-0.05, 0) is 12.1 Å². The highest BCUT2D eigenvalue weighted by Crippen LogP contribution is 2.29. The first-order valence-corrected chi connectivity index (χ1v) is 6.14. The molecule has 0 radical (unpaired) electrons. The van der Waals surface area contributed by atoms with E-state index in [4.69, 9.17) is 0 Å². The minimum atomic E-state index is -1.25. The van der Waals surface area contributed by atoms with Crippen LogP contribution < -0.4 is 10.7 Å². The molecule has 2 heterocycles. The van der Waals surface area contributed by atoms with Crippen LogP contribution in [0.3, 0.4) is 0 Å². The maximum Gasteiger partial charge on any atom is 0.259 e. The number of hydrogen-bond donors (Lipinski definition) is 0. The molecule has 0 saturated heterocycles. The average molecular weight is 258 g/mol. The third-order valence-electron chi connectivity index (χ3n) is 2.98. The summed E-state index contributed by atoms with van der Waals surface area (Å²) in [4.78, 5) is 23.1. The molecule has 90 valence electrons. The number of pyridine rings is 1. The molecule has 1 aromatic carbocycles. The van der Waals surface area contributed by atoms with E-state index < -0.39 is 5.97 Å². The summed E-state index contributed by atoms with van der Waals surface area (Å²) in [6.45, 7) is 0. The topological polar surface area (TPSA) is 62.1 Å². The van der Waals surface area contributed by atoms with E-state index in [-0.39, 0.29) is 10.4 Å². The van der Waals surface area contributed by atoms with Crippen LogP contribution in [0.5, 0.6) is 0 Å². The summed E-state index contributed by atoms with van der Waals surface area (Å²) in [6.07, 6.45) is 0. The van der Waals surface area contributed by atoms with Crippen LogP contribution in [0.25, 0.3) is 21.0 Å². The average Bonchev–Trinajstić information content (AvgIpc) is 2.81. The molecule has 0 amide bonds. The van der Waals surface area contributed by atoms with Gasteiger partial charge in [-0.1, -0.05) is 18.2 Å². The number of carboxylic acids is 1. The number of aryl methyl sites for hydroxylation is 1. The fraction of sp³-hybridized carbons (Fsp3) is 0.0769. The molecule has 0 fully saturated rings. The highest BCUT2D eigenvalue weighted by atomic mass is 32.1. The molecule has 0 atom stereocenters. The Labute approximate surface area is 106 Å². The second kappa shape index (κ2) is 3.68. The number of nitrogens with zero attached hydrogens (tertiary/aromatic N) is 1. The Morgan fingerprint density at radius 2 is 2.00 bits per heavy atom. The van der Waals surface area contributed by atoms with Gasteiger partial charge in [0.25, 0.3) is 5.56 Å². The first kappa shape index (κ1) is 11.0. The van der Waals surface area contributed by atoms with E-state index in [1.165, 1.54) is 10.6 Å². The number of carbonyl (C=O) groups excluding carboxylic acids is 1. The number of benzene rings is 1. The van der Waals surface area contributed by atoms with Crippen molar-refractivity contribution in [3.63, 3.8) is 0 Å². The van der Waals surface area contributed by atoms with Gasteiger partial charge in [-0.25, -0.2) is 0 Å². The lowest BCUT2D eigenvalue weighted by Gasteiger charge is -2.05. The SMILES string of the molecule is Cn1c(=O)c2cc(C(=O)[O-])sc2c2ccccc21. The highest BCUT2D eigenvalue weighted by Gasteiger charge is 2.12. The van der Waals surface area contributed by atoms with Crippen LogP contribution in [0.1, 0.15) is 9.67 Å². The Hall–Kier alpha value is -2.14. The zero-order valence-electron chi connectivity index (χ0n) is 9.47. The van der Waals surface area contributed by atoms with Crippen molar-refractivity contribution in [1.82, 2.24) is 4.57 Å². The molecule has 2 aromatic heterocycles. The number of aromatic carboxylic acids is 1. The standard InChI is InChI=1S/C13H9NO3S/c1-14-9-5-3-2-4-7(9)11-8(12(14)15)6-10(18-11)13(16)17/h2-6H,1H3,(H,16,17)/p-1. The van der Waals surface area contributed by atoms with Crippen molar-refractivity contribution in [1.29, 1.82) is 0 Å². The Kier molecular flexibility index (Phi) is 2.24. The molecule has 0 aliphatic heterocycles. The minimum absolute atomic E-state index is 0.0819. The van der Waals surface area contributed by atoms with E-state index in [9.17, 15) is 14.7 Å². The van der Waals surface area contributed by atoms with Gasteiger partial charge in [0.2, 0.25) is 0 Å². The number of rotatable bonds is 1. The molecule has 3 rings (SSSR count). The lowest BCUT2D eigenvalue weighted by atomic mass is 10.2. The molecule has 0 N–H and O–H groups in total. The number of carbonyl (C=O) groups is 1. The Morgan fingerprint density at radius 3 is 2.72 bits per heavy atom. The van der Waals surface area contributed by atoms with Crippen LogP contribution in [-0.4, -0.2) is 10.5 Å². The molecule has 5 heteroatoms.